The molecule has 31 heavy (non-hydrogen) atoms. The molecule has 2 saturated carbocycles. The third-order valence-electron chi connectivity index (χ3n) is 8.77. The molecule has 0 aromatic rings. The number of nitrogens with one attached hydrogen (secondary N) is 1. The third-order valence-corrected chi connectivity index (χ3v) is 9.01. The van der Waals surface area contributed by atoms with Gasteiger partial charge in [0.15, 0.2) is 5.78 Å². The van der Waals surface area contributed by atoms with E-state index in [4.69, 9.17) is 16.3 Å². The third kappa shape index (κ3) is 3.88. The Morgan fingerprint density at radius 3 is 2.58 bits per heavy atom. The molecular weight excluding hydrogens is 414 g/mol. The first-order valence-electron chi connectivity index (χ1n) is 11.6. The summed E-state index contributed by atoms with van der Waals surface area (Å²) in [5.41, 5.74) is 2.97. The van der Waals surface area contributed by atoms with Gasteiger partial charge in [-0.3, -0.25) is 14.4 Å². The monoisotopic (exact) mass is 447 g/mol. The molecule has 6 heteroatoms. The Hall–Kier alpha value is -1.62. The number of hydrogen-bond acceptors (Lipinski definition) is 4. The second-order valence-electron chi connectivity index (χ2n) is 10.4. The topological polar surface area (TPSA) is 72.5 Å². The van der Waals surface area contributed by atoms with E-state index in [-0.39, 0.29) is 52.9 Å². The maximum absolute atomic E-state index is 13.0. The van der Waals surface area contributed by atoms with Gasteiger partial charge in [-0.1, -0.05) is 37.1 Å². The number of hydrogen-bond donors (Lipinski definition) is 1. The van der Waals surface area contributed by atoms with Crippen molar-refractivity contribution >= 4 is 29.3 Å². The summed E-state index contributed by atoms with van der Waals surface area (Å²) in [5.74, 6) is 0.516. The summed E-state index contributed by atoms with van der Waals surface area (Å²) in [7, 11) is 0. The van der Waals surface area contributed by atoms with Crippen LogP contribution in [0, 0.1) is 28.6 Å². The number of halogens is 1. The van der Waals surface area contributed by atoms with Crippen LogP contribution < -0.4 is 5.32 Å². The van der Waals surface area contributed by atoms with Gasteiger partial charge in [0.1, 0.15) is 12.0 Å². The molecule has 0 unspecified atom stereocenters. The normalized spacial score (nSPS) is 38.7. The molecule has 5 nitrogen and oxygen atoms in total. The highest BCUT2D eigenvalue weighted by Crippen LogP contribution is 2.64. The van der Waals surface area contributed by atoms with E-state index in [0.717, 1.165) is 44.9 Å². The molecule has 6 atom stereocenters. The second kappa shape index (κ2) is 8.38. The molecule has 4 rings (SSSR count). The molecule has 2 fully saturated rings. The van der Waals surface area contributed by atoms with E-state index in [1.54, 1.807) is 0 Å². The number of Topliss-reactive ketones (excluding diaryl/α,β-unsaturated/α-hetero) is 1. The molecule has 170 valence electrons. The van der Waals surface area contributed by atoms with Crippen molar-refractivity contribution in [3.8, 4) is 0 Å². The Kier molecular flexibility index (Phi) is 6.10. The van der Waals surface area contributed by atoms with Gasteiger partial charge in [-0.25, -0.2) is 0 Å². The highest BCUT2D eigenvalue weighted by molar-refractivity contribution is 6.27. The Labute approximate surface area is 190 Å². The van der Waals surface area contributed by atoms with Crippen LogP contribution in [0.3, 0.4) is 0 Å². The van der Waals surface area contributed by atoms with E-state index < -0.39 is 0 Å². The summed E-state index contributed by atoms with van der Waals surface area (Å²) in [6.07, 6.45) is 11.5. The standard InChI is InChI=1S/C25H34ClNO4/c1-15(28)31-17-8-10-24(2)16(12-17)4-5-18-19-6-7-21(22(29)14-27-23(30)13-26)25(19,3)11-9-20(18)24/h4,6,17-18,20-21H,5,7-14H2,1-3H3,(H,27,30)/t17-,18-,20-,21+,24-,25-/m0/s1. The predicted octanol–water partition coefficient (Wildman–Crippen LogP) is 4.34. The van der Waals surface area contributed by atoms with E-state index in [2.05, 4.69) is 31.3 Å². The second-order valence-corrected chi connectivity index (χ2v) is 10.6. The van der Waals surface area contributed by atoms with Crippen molar-refractivity contribution in [1.29, 1.82) is 0 Å². The van der Waals surface area contributed by atoms with E-state index in [1.165, 1.54) is 18.1 Å². The highest BCUT2D eigenvalue weighted by Gasteiger charge is 2.56. The van der Waals surface area contributed by atoms with Gasteiger partial charge in [0.25, 0.3) is 0 Å². The first-order chi connectivity index (χ1) is 14.7. The minimum atomic E-state index is -0.294. The summed E-state index contributed by atoms with van der Waals surface area (Å²) in [4.78, 5) is 35.9. The van der Waals surface area contributed by atoms with Crippen molar-refractivity contribution in [3.63, 3.8) is 0 Å². The van der Waals surface area contributed by atoms with Gasteiger partial charge < -0.3 is 10.1 Å². The molecule has 0 heterocycles. The van der Waals surface area contributed by atoms with Gasteiger partial charge in [0.2, 0.25) is 5.91 Å². The summed E-state index contributed by atoms with van der Waals surface area (Å²) in [6, 6.07) is 0. The van der Waals surface area contributed by atoms with Crippen LogP contribution in [0.2, 0.25) is 0 Å². The quantitative estimate of drug-likeness (QED) is 0.386. The number of alkyl halides is 1. The molecule has 0 radical (unpaired) electrons. The molecule has 0 aromatic heterocycles. The number of ether oxygens (including phenoxy) is 1. The maximum atomic E-state index is 13.0. The number of amides is 1. The number of ketones is 1. The fraction of sp³-hybridized carbons (Fsp3) is 0.720. The molecule has 0 saturated heterocycles. The van der Waals surface area contributed by atoms with Gasteiger partial charge in [0, 0.05) is 19.3 Å². The van der Waals surface area contributed by atoms with Crippen LogP contribution in [0.15, 0.2) is 23.3 Å². The van der Waals surface area contributed by atoms with Gasteiger partial charge in [-0.05, 0) is 61.2 Å². The number of carbonyl (C=O) groups excluding carboxylic acids is 3. The summed E-state index contributed by atoms with van der Waals surface area (Å²) in [5, 5.41) is 2.65. The number of rotatable bonds is 5. The Balaban J connectivity index is 1.50. The number of fused-ring (bicyclic) bond motifs is 5. The zero-order chi connectivity index (χ0) is 22.4. The van der Waals surface area contributed by atoms with Crippen LogP contribution in [0.5, 0.6) is 0 Å². The van der Waals surface area contributed by atoms with Crippen molar-refractivity contribution in [2.24, 2.45) is 28.6 Å². The number of allylic oxidation sites excluding steroid dienone is 3. The van der Waals surface area contributed by atoms with Crippen LogP contribution in [0.25, 0.3) is 0 Å². The van der Waals surface area contributed by atoms with Gasteiger partial charge in [-0.2, -0.15) is 0 Å². The molecule has 0 aromatic carbocycles. The minimum Gasteiger partial charge on any atom is -0.462 e. The van der Waals surface area contributed by atoms with Gasteiger partial charge in [-0.15, -0.1) is 11.6 Å². The summed E-state index contributed by atoms with van der Waals surface area (Å²) >= 11 is 5.55. The predicted molar refractivity (Wildman–Crippen MR) is 119 cm³/mol. The Morgan fingerprint density at radius 2 is 1.87 bits per heavy atom. The van der Waals surface area contributed by atoms with Gasteiger partial charge in [0.05, 0.1) is 6.54 Å². The van der Waals surface area contributed by atoms with Crippen molar-refractivity contribution in [2.75, 3.05) is 12.4 Å². The summed E-state index contributed by atoms with van der Waals surface area (Å²) < 4.78 is 5.53. The molecule has 0 spiro atoms. The van der Waals surface area contributed by atoms with E-state index >= 15 is 0 Å². The van der Waals surface area contributed by atoms with Crippen LogP contribution in [-0.2, 0) is 19.1 Å². The average molecular weight is 448 g/mol. The fourth-order valence-electron chi connectivity index (χ4n) is 7.15. The lowest BCUT2D eigenvalue weighted by Crippen LogP contribution is -2.49. The molecule has 0 aliphatic heterocycles. The average Bonchev–Trinajstić information content (AvgIpc) is 3.09. The lowest BCUT2D eigenvalue weighted by Gasteiger charge is -2.56. The molecule has 4 aliphatic carbocycles. The smallest absolute Gasteiger partial charge is 0.302 e. The van der Waals surface area contributed by atoms with Crippen molar-refractivity contribution in [3.05, 3.63) is 23.3 Å². The van der Waals surface area contributed by atoms with Crippen molar-refractivity contribution in [1.82, 2.24) is 5.32 Å². The Bertz CT molecular complexity index is 848. The summed E-state index contributed by atoms with van der Waals surface area (Å²) in [6.45, 7) is 6.22. The molecular formula is C25H34ClNO4. The minimum absolute atomic E-state index is 0.0122. The molecule has 1 amide bonds. The van der Waals surface area contributed by atoms with Crippen LogP contribution in [0.4, 0.5) is 0 Å². The number of carbonyl (C=O) groups is 3. The van der Waals surface area contributed by atoms with Crippen LogP contribution in [-0.4, -0.2) is 36.2 Å². The first kappa shape index (κ1) is 22.6. The molecule has 4 aliphatic rings. The molecule has 1 N–H and O–H groups in total. The van der Waals surface area contributed by atoms with E-state index in [1.807, 2.05) is 0 Å². The zero-order valence-electron chi connectivity index (χ0n) is 18.8. The fourth-order valence-corrected chi connectivity index (χ4v) is 7.24. The Morgan fingerprint density at radius 1 is 1.13 bits per heavy atom. The van der Waals surface area contributed by atoms with E-state index in [9.17, 15) is 14.4 Å². The first-order valence-corrected chi connectivity index (χ1v) is 12.1. The van der Waals surface area contributed by atoms with Gasteiger partial charge >= 0.3 is 5.97 Å². The van der Waals surface area contributed by atoms with Crippen molar-refractivity contribution < 1.29 is 19.1 Å². The number of esters is 1. The maximum Gasteiger partial charge on any atom is 0.302 e. The largest absolute Gasteiger partial charge is 0.462 e. The van der Waals surface area contributed by atoms with Crippen LogP contribution >= 0.6 is 11.6 Å². The SMILES string of the molecule is CC(=O)O[C@H]1CC[C@@]2(C)C(=CC[C@H]3C4=CC[C@H](C(=O)CNC(=O)CCl)[C@@]4(C)CC[C@@H]32)C1. The van der Waals surface area contributed by atoms with Crippen molar-refractivity contribution in [2.45, 2.75) is 71.8 Å². The molecule has 0 bridgehead atoms. The lowest BCUT2D eigenvalue weighted by atomic mass is 9.48. The highest BCUT2D eigenvalue weighted by atomic mass is 35.5. The lowest BCUT2D eigenvalue weighted by molar-refractivity contribution is -0.148. The zero-order valence-corrected chi connectivity index (χ0v) is 19.6. The van der Waals surface area contributed by atoms with E-state index in [0.29, 0.717) is 11.8 Å². The van der Waals surface area contributed by atoms with Crippen LogP contribution in [0.1, 0.15) is 65.7 Å².